The highest BCUT2D eigenvalue weighted by Crippen LogP contribution is 2.40. The summed E-state index contributed by atoms with van der Waals surface area (Å²) >= 11 is 7.75. The third-order valence-corrected chi connectivity index (χ3v) is 6.57. The van der Waals surface area contributed by atoms with E-state index in [1.54, 1.807) is 36.7 Å². The molecule has 1 aliphatic heterocycles. The van der Waals surface area contributed by atoms with Crippen LogP contribution in [0.1, 0.15) is 44.9 Å². The lowest BCUT2D eigenvalue weighted by Crippen LogP contribution is -2.30. The lowest BCUT2D eigenvalue weighted by atomic mass is 9.95. The quantitative estimate of drug-likeness (QED) is 0.297. The first-order chi connectivity index (χ1) is 16.8. The van der Waals surface area contributed by atoms with Gasteiger partial charge in [0.2, 0.25) is 11.1 Å². The summed E-state index contributed by atoms with van der Waals surface area (Å²) in [5.41, 5.74) is 2.71. The van der Waals surface area contributed by atoms with E-state index in [0.29, 0.717) is 51.1 Å². The summed E-state index contributed by atoms with van der Waals surface area (Å²) in [6.45, 7) is 7.64. The zero-order valence-corrected chi connectivity index (χ0v) is 21.5. The van der Waals surface area contributed by atoms with E-state index >= 15 is 0 Å². The number of phenols is 1. The van der Waals surface area contributed by atoms with Crippen molar-refractivity contribution in [2.75, 3.05) is 11.9 Å². The van der Waals surface area contributed by atoms with Crippen molar-refractivity contribution in [3.8, 4) is 11.5 Å². The molecule has 0 fully saturated rings. The topological polar surface area (TPSA) is 98.5 Å². The number of nitrogens with one attached hydrogen (secondary N) is 1. The summed E-state index contributed by atoms with van der Waals surface area (Å²) in [5, 5.41) is 19.3. The molecule has 0 radical (unpaired) electrons. The molecule has 10 heteroatoms. The number of halogens is 1. The molecule has 0 bridgehead atoms. The molecule has 1 atom stereocenters. The Balaban J connectivity index is 1.74. The van der Waals surface area contributed by atoms with E-state index in [9.17, 15) is 9.90 Å². The van der Waals surface area contributed by atoms with Gasteiger partial charge in [-0.1, -0.05) is 47.6 Å². The number of carbonyl (C=O) groups is 1. The molecule has 0 saturated carbocycles. The van der Waals surface area contributed by atoms with Crippen LogP contribution in [0.5, 0.6) is 11.5 Å². The molecule has 4 rings (SSSR count). The van der Waals surface area contributed by atoms with Crippen LogP contribution in [0, 0.1) is 0 Å². The van der Waals surface area contributed by atoms with Gasteiger partial charge in [0, 0.05) is 16.5 Å². The highest BCUT2D eigenvalue weighted by atomic mass is 35.5. The number of hydrogen-bond donors (Lipinski definition) is 2. The number of thioether (sulfide) groups is 1. The van der Waals surface area contributed by atoms with Gasteiger partial charge in [0.1, 0.15) is 6.04 Å². The number of allylic oxidation sites excluding steroid dienone is 1. The van der Waals surface area contributed by atoms with Gasteiger partial charge in [-0.3, -0.25) is 0 Å². The number of anilines is 1. The molecule has 0 amide bonds. The van der Waals surface area contributed by atoms with Crippen molar-refractivity contribution < 1.29 is 19.4 Å². The van der Waals surface area contributed by atoms with Crippen LogP contribution >= 0.6 is 23.4 Å². The molecular weight excluding hydrogens is 488 g/mol. The van der Waals surface area contributed by atoms with Gasteiger partial charge in [-0.05, 0) is 57.0 Å². The molecule has 2 aromatic carbocycles. The van der Waals surface area contributed by atoms with Gasteiger partial charge in [-0.25, -0.2) is 9.48 Å². The number of fused-ring (bicyclic) bond motifs is 1. The van der Waals surface area contributed by atoms with Crippen LogP contribution in [0.25, 0.3) is 0 Å². The Kier molecular flexibility index (Phi) is 7.57. The minimum atomic E-state index is -0.625. The van der Waals surface area contributed by atoms with Crippen molar-refractivity contribution >= 4 is 35.3 Å². The van der Waals surface area contributed by atoms with Crippen LogP contribution in [0.3, 0.4) is 0 Å². The van der Waals surface area contributed by atoms with E-state index < -0.39 is 12.0 Å². The number of hydrogen-bond acceptors (Lipinski definition) is 8. The van der Waals surface area contributed by atoms with Crippen molar-refractivity contribution in [3.05, 3.63) is 69.9 Å². The van der Waals surface area contributed by atoms with Gasteiger partial charge in [-0.2, -0.15) is 4.98 Å². The average molecular weight is 515 g/mol. The molecule has 0 spiro atoms. The first-order valence-corrected chi connectivity index (χ1v) is 12.6. The minimum Gasteiger partial charge on any atom is -0.504 e. The fourth-order valence-electron chi connectivity index (χ4n) is 3.77. The second kappa shape index (κ2) is 10.6. The van der Waals surface area contributed by atoms with Crippen LogP contribution in [0.2, 0.25) is 5.02 Å². The van der Waals surface area contributed by atoms with Crippen LogP contribution in [-0.4, -0.2) is 38.6 Å². The van der Waals surface area contributed by atoms with Gasteiger partial charge in [0.15, 0.2) is 11.5 Å². The van der Waals surface area contributed by atoms with E-state index in [4.69, 9.17) is 26.2 Å². The third-order valence-electron chi connectivity index (χ3n) is 5.31. The highest BCUT2D eigenvalue weighted by molar-refractivity contribution is 7.98. The number of nitrogens with zero attached hydrogens (tertiary/aromatic N) is 3. The number of carbonyl (C=O) groups excluding carboxylic acids is 1. The Hall–Kier alpha value is -3.17. The van der Waals surface area contributed by atoms with E-state index in [1.807, 2.05) is 38.1 Å². The minimum absolute atomic E-state index is 0.0198. The van der Waals surface area contributed by atoms with Crippen LogP contribution in [0.4, 0.5) is 5.95 Å². The first-order valence-electron chi connectivity index (χ1n) is 11.3. The van der Waals surface area contributed by atoms with Gasteiger partial charge >= 0.3 is 5.97 Å². The molecule has 2 N–H and O–H groups in total. The Morgan fingerprint density at radius 3 is 2.77 bits per heavy atom. The fraction of sp³-hybridized carbons (Fsp3) is 0.320. The fourth-order valence-corrected chi connectivity index (χ4v) is 4.89. The van der Waals surface area contributed by atoms with E-state index in [1.165, 1.54) is 11.8 Å². The van der Waals surface area contributed by atoms with Crippen molar-refractivity contribution in [2.45, 2.75) is 50.8 Å². The molecule has 2 heterocycles. The second-order valence-electron chi connectivity index (χ2n) is 8.22. The predicted octanol–water partition coefficient (Wildman–Crippen LogP) is 5.57. The van der Waals surface area contributed by atoms with Gasteiger partial charge in [-0.15, -0.1) is 5.10 Å². The molecule has 8 nitrogen and oxygen atoms in total. The molecule has 0 saturated heterocycles. The largest absolute Gasteiger partial charge is 0.504 e. The van der Waals surface area contributed by atoms with Crippen LogP contribution in [-0.2, 0) is 15.3 Å². The normalized spacial score (nSPS) is 15.1. The maximum Gasteiger partial charge on any atom is 0.338 e. The SMILES string of the molecule is CCOc1cc(C2C(C(=O)OC(C)C)=C(C)Nc3nc(SCc4ccccc4Cl)nn32)ccc1O. The number of ether oxygens (including phenoxy) is 2. The number of aromatic nitrogens is 3. The zero-order valence-electron chi connectivity index (χ0n) is 19.9. The summed E-state index contributed by atoms with van der Waals surface area (Å²) in [7, 11) is 0. The Morgan fingerprint density at radius 1 is 1.29 bits per heavy atom. The first kappa shape index (κ1) is 24.9. The Labute approximate surface area is 213 Å². The number of esters is 1. The number of benzene rings is 2. The van der Waals surface area contributed by atoms with E-state index in [-0.39, 0.29) is 11.9 Å². The second-order valence-corrected chi connectivity index (χ2v) is 9.57. The van der Waals surface area contributed by atoms with Crippen molar-refractivity contribution in [1.29, 1.82) is 0 Å². The summed E-state index contributed by atoms with van der Waals surface area (Å²) in [6.07, 6.45) is -0.291. The molecule has 35 heavy (non-hydrogen) atoms. The molecule has 1 aliphatic rings. The molecule has 1 aromatic heterocycles. The van der Waals surface area contributed by atoms with Crippen molar-refractivity contribution in [1.82, 2.24) is 14.8 Å². The highest BCUT2D eigenvalue weighted by Gasteiger charge is 2.36. The Morgan fingerprint density at radius 2 is 2.06 bits per heavy atom. The van der Waals surface area contributed by atoms with Gasteiger partial charge in [0.25, 0.3) is 0 Å². The van der Waals surface area contributed by atoms with Crippen LogP contribution < -0.4 is 10.1 Å². The maximum atomic E-state index is 13.2. The lowest BCUT2D eigenvalue weighted by molar-refractivity contribution is -0.143. The smallest absolute Gasteiger partial charge is 0.338 e. The molecule has 1 unspecified atom stereocenters. The lowest BCUT2D eigenvalue weighted by Gasteiger charge is -2.28. The predicted molar refractivity (Wildman–Crippen MR) is 136 cm³/mol. The summed E-state index contributed by atoms with van der Waals surface area (Å²) < 4.78 is 12.8. The number of aromatic hydroxyl groups is 1. The summed E-state index contributed by atoms with van der Waals surface area (Å²) in [6, 6.07) is 12.0. The maximum absolute atomic E-state index is 13.2. The van der Waals surface area contributed by atoms with E-state index in [2.05, 4.69) is 10.3 Å². The molecular formula is C25H27ClN4O4S. The average Bonchev–Trinajstić information content (AvgIpc) is 3.21. The Bertz CT molecular complexity index is 1270. The van der Waals surface area contributed by atoms with E-state index in [0.717, 1.165) is 5.56 Å². The van der Waals surface area contributed by atoms with Crippen molar-refractivity contribution in [2.24, 2.45) is 0 Å². The van der Waals surface area contributed by atoms with Crippen molar-refractivity contribution in [3.63, 3.8) is 0 Å². The number of rotatable bonds is 8. The molecule has 3 aromatic rings. The summed E-state index contributed by atoms with van der Waals surface area (Å²) in [5.74, 6) is 0.990. The van der Waals surface area contributed by atoms with Crippen LogP contribution in [0.15, 0.2) is 58.9 Å². The van der Waals surface area contributed by atoms with Gasteiger partial charge < -0.3 is 19.9 Å². The van der Waals surface area contributed by atoms with Gasteiger partial charge in [0.05, 0.1) is 18.3 Å². The molecule has 184 valence electrons. The molecule has 0 aliphatic carbocycles. The third kappa shape index (κ3) is 5.41. The number of phenolic OH excluding ortho intramolecular Hbond substituents is 1. The monoisotopic (exact) mass is 514 g/mol. The standard InChI is InChI=1S/C25H27ClN4O4S/c1-5-33-20-12-16(10-11-19(20)31)22-21(23(32)34-14(2)3)15(4)27-24-28-25(29-30(22)24)35-13-17-8-6-7-9-18(17)26/h6-12,14,22,31H,5,13H2,1-4H3,(H,27,28,29). The summed E-state index contributed by atoms with van der Waals surface area (Å²) in [4.78, 5) is 17.8. The zero-order chi connectivity index (χ0) is 25.1.